The first-order valence-electron chi connectivity index (χ1n) is 9.91. The third kappa shape index (κ3) is 6.09. The fourth-order valence-electron chi connectivity index (χ4n) is 3.18. The largest absolute Gasteiger partial charge is 0.469 e. The number of amides is 2. The second-order valence-electron chi connectivity index (χ2n) is 7.09. The zero-order valence-corrected chi connectivity index (χ0v) is 19.1. The van der Waals surface area contributed by atoms with Crippen LogP contribution in [0.25, 0.3) is 10.9 Å². The van der Waals surface area contributed by atoms with Gasteiger partial charge in [0.15, 0.2) is 5.78 Å². The molecule has 0 unspecified atom stereocenters. The standard InChI is InChI=1S/C22H21Cl2N5O4/c1-33-20(31)13(11-26-21(25)32)6-9-17(30)18-14(23)7-8-16(19(18)24)29-22-27-10-12-4-2-3-5-15(12)28-22/h2-5,7-8,10,13H,6,9,11H2,1H3,(H3,25,26,32)(H,27,28,29)/t13-/m0/s1. The van der Waals surface area contributed by atoms with Crippen molar-refractivity contribution < 1.29 is 19.1 Å². The number of para-hydroxylation sites is 1. The number of hydrogen-bond donors (Lipinski definition) is 3. The summed E-state index contributed by atoms with van der Waals surface area (Å²) in [6.45, 7) is -0.0579. The van der Waals surface area contributed by atoms with E-state index in [1.54, 1.807) is 12.3 Å². The van der Waals surface area contributed by atoms with Crippen molar-refractivity contribution in [1.82, 2.24) is 15.3 Å². The highest BCUT2D eigenvalue weighted by Gasteiger charge is 2.24. The number of urea groups is 1. The molecular formula is C22H21Cl2N5O4. The van der Waals surface area contributed by atoms with E-state index in [-0.39, 0.29) is 40.8 Å². The van der Waals surface area contributed by atoms with Crippen LogP contribution in [0.2, 0.25) is 10.0 Å². The first kappa shape index (κ1) is 24.2. The van der Waals surface area contributed by atoms with Crippen LogP contribution in [0.4, 0.5) is 16.4 Å². The predicted molar refractivity (Wildman–Crippen MR) is 126 cm³/mol. The molecule has 11 heteroatoms. The third-order valence-electron chi connectivity index (χ3n) is 4.88. The Morgan fingerprint density at radius 1 is 1.15 bits per heavy atom. The van der Waals surface area contributed by atoms with Gasteiger partial charge in [0.1, 0.15) is 0 Å². The molecule has 4 N–H and O–H groups in total. The molecule has 0 aliphatic rings. The number of nitrogens with zero attached hydrogens (tertiary/aromatic N) is 2. The summed E-state index contributed by atoms with van der Waals surface area (Å²) in [6.07, 6.45) is 1.72. The van der Waals surface area contributed by atoms with E-state index < -0.39 is 17.9 Å². The van der Waals surface area contributed by atoms with Crippen LogP contribution in [0, 0.1) is 5.92 Å². The molecule has 1 aromatic heterocycles. The Kier molecular flexibility index (Phi) is 8.02. The summed E-state index contributed by atoms with van der Waals surface area (Å²) in [4.78, 5) is 44.6. The number of ketones is 1. The molecule has 1 heterocycles. The normalized spacial score (nSPS) is 11.6. The number of nitrogens with one attached hydrogen (secondary N) is 2. The maximum Gasteiger partial charge on any atom is 0.312 e. The summed E-state index contributed by atoms with van der Waals surface area (Å²) in [5.74, 6) is -1.39. The van der Waals surface area contributed by atoms with Gasteiger partial charge in [0, 0.05) is 24.5 Å². The second kappa shape index (κ2) is 10.9. The predicted octanol–water partition coefficient (Wildman–Crippen LogP) is 4.10. The molecule has 0 saturated heterocycles. The van der Waals surface area contributed by atoms with Crippen molar-refractivity contribution in [3.8, 4) is 0 Å². The number of nitrogens with two attached hydrogens (primary N) is 1. The Morgan fingerprint density at radius 2 is 1.91 bits per heavy atom. The van der Waals surface area contributed by atoms with E-state index in [9.17, 15) is 14.4 Å². The Bertz CT molecular complexity index is 1200. The lowest BCUT2D eigenvalue weighted by Crippen LogP contribution is -2.37. The van der Waals surface area contributed by atoms with Crippen LogP contribution in [0.15, 0.2) is 42.6 Å². The Labute approximate surface area is 199 Å². The highest BCUT2D eigenvalue weighted by Crippen LogP contribution is 2.34. The van der Waals surface area contributed by atoms with Gasteiger partial charge in [0.2, 0.25) is 5.95 Å². The molecule has 0 fully saturated rings. The summed E-state index contributed by atoms with van der Waals surface area (Å²) in [5.41, 5.74) is 6.31. The number of carbonyl (C=O) groups is 3. The number of rotatable bonds is 9. The number of Topliss-reactive ketones (excluding diaryl/α,β-unsaturated/α-hetero) is 1. The lowest BCUT2D eigenvalue weighted by Gasteiger charge is -2.16. The van der Waals surface area contributed by atoms with Crippen LogP contribution in [0.3, 0.4) is 0 Å². The first-order chi connectivity index (χ1) is 15.8. The minimum Gasteiger partial charge on any atom is -0.469 e. The highest BCUT2D eigenvalue weighted by atomic mass is 35.5. The van der Waals surface area contributed by atoms with E-state index in [2.05, 4.69) is 20.6 Å². The molecule has 0 radical (unpaired) electrons. The molecule has 2 amide bonds. The van der Waals surface area contributed by atoms with Crippen molar-refractivity contribution >= 4 is 63.5 Å². The van der Waals surface area contributed by atoms with E-state index in [4.69, 9.17) is 33.7 Å². The van der Waals surface area contributed by atoms with Gasteiger partial charge in [-0.2, -0.15) is 0 Å². The number of esters is 1. The number of primary amides is 1. The van der Waals surface area contributed by atoms with E-state index in [0.29, 0.717) is 11.6 Å². The Morgan fingerprint density at radius 3 is 2.64 bits per heavy atom. The van der Waals surface area contributed by atoms with E-state index in [1.165, 1.54) is 13.2 Å². The summed E-state index contributed by atoms with van der Waals surface area (Å²) in [5, 5.41) is 6.51. The second-order valence-corrected chi connectivity index (χ2v) is 7.87. The maximum atomic E-state index is 12.9. The molecule has 3 rings (SSSR count). The molecule has 0 bridgehead atoms. The quantitative estimate of drug-likeness (QED) is 0.303. The van der Waals surface area contributed by atoms with Gasteiger partial charge in [-0.25, -0.2) is 14.8 Å². The molecule has 0 saturated carbocycles. The molecule has 0 aliphatic carbocycles. The zero-order valence-electron chi connectivity index (χ0n) is 17.6. The van der Waals surface area contributed by atoms with Crippen molar-refractivity contribution in [3.63, 3.8) is 0 Å². The lowest BCUT2D eigenvalue weighted by atomic mass is 9.98. The van der Waals surface area contributed by atoms with Gasteiger partial charge in [-0.15, -0.1) is 0 Å². The average Bonchev–Trinajstić information content (AvgIpc) is 2.80. The summed E-state index contributed by atoms with van der Waals surface area (Å²) in [6, 6.07) is 9.88. The SMILES string of the molecule is COC(=O)[C@@H](CCC(=O)c1c(Cl)ccc(Nc2ncc3ccccc3n2)c1Cl)CNC(N)=O. The van der Waals surface area contributed by atoms with Crippen LogP contribution in [-0.2, 0) is 9.53 Å². The fourth-order valence-corrected chi connectivity index (χ4v) is 3.81. The van der Waals surface area contributed by atoms with Crippen LogP contribution in [0.1, 0.15) is 23.2 Å². The molecule has 2 aromatic carbocycles. The van der Waals surface area contributed by atoms with E-state index in [1.807, 2.05) is 24.3 Å². The fraction of sp³-hybridized carbons (Fsp3) is 0.227. The minimum atomic E-state index is -0.781. The average molecular weight is 490 g/mol. The number of ether oxygens (including phenoxy) is 1. The van der Waals surface area contributed by atoms with Gasteiger partial charge in [-0.3, -0.25) is 9.59 Å². The zero-order chi connectivity index (χ0) is 24.0. The molecular weight excluding hydrogens is 469 g/mol. The lowest BCUT2D eigenvalue weighted by molar-refractivity contribution is -0.145. The first-order valence-corrected chi connectivity index (χ1v) is 10.7. The summed E-state index contributed by atoms with van der Waals surface area (Å²) >= 11 is 12.8. The van der Waals surface area contributed by atoms with Crippen molar-refractivity contribution in [1.29, 1.82) is 0 Å². The molecule has 3 aromatic rings. The number of carbonyl (C=O) groups excluding carboxylic acids is 3. The van der Waals surface area contributed by atoms with Crippen molar-refractivity contribution in [2.75, 3.05) is 19.0 Å². The molecule has 33 heavy (non-hydrogen) atoms. The number of methoxy groups -OCH3 is 1. The topological polar surface area (TPSA) is 136 Å². The van der Waals surface area contributed by atoms with Gasteiger partial charge in [-0.05, 0) is 24.6 Å². The number of halogens is 2. The number of fused-ring (bicyclic) bond motifs is 1. The summed E-state index contributed by atoms with van der Waals surface area (Å²) < 4.78 is 4.73. The number of aromatic nitrogens is 2. The van der Waals surface area contributed by atoms with E-state index >= 15 is 0 Å². The number of anilines is 2. The third-order valence-corrected chi connectivity index (χ3v) is 5.59. The van der Waals surface area contributed by atoms with Crippen molar-refractivity contribution in [2.24, 2.45) is 11.7 Å². The molecule has 9 nitrogen and oxygen atoms in total. The molecule has 0 aliphatic heterocycles. The highest BCUT2D eigenvalue weighted by molar-refractivity contribution is 6.41. The van der Waals surface area contributed by atoms with Crippen molar-refractivity contribution in [3.05, 3.63) is 58.2 Å². The molecule has 1 atom stereocenters. The van der Waals surface area contributed by atoms with Gasteiger partial charge < -0.3 is 21.1 Å². The number of benzene rings is 2. The molecule has 172 valence electrons. The molecule has 0 spiro atoms. The summed E-state index contributed by atoms with van der Waals surface area (Å²) in [7, 11) is 1.22. The van der Waals surface area contributed by atoms with Crippen LogP contribution in [0.5, 0.6) is 0 Å². The van der Waals surface area contributed by atoms with Crippen LogP contribution >= 0.6 is 23.2 Å². The van der Waals surface area contributed by atoms with Crippen molar-refractivity contribution in [2.45, 2.75) is 12.8 Å². The van der Waals surface area contributed by atoms with Crippen LogP contribution < -0.4 is 16.4 Å². The smallest absolute Gasteiger partial charge is 0.312 e. The van der Waals surface area contributed by atoms with Crippen LogP contribution in [-0.4, -0.2) is 41.4 Å². The Hall–Kier alpha value is -3.43. The van der Waals surface area contributed by atoms with Gasteiger partial charge >= 0.3 is 12.0 Å². The van der Waals surface area contributed by atoms with E-state index in [0.717, 1.165) is 10.9 Å². The maximum absolute atomic E-state index is 12.9. The van der Waals surface area contributed by atoms with Gasteiger partial charge in [0.25, 0.3) is 0 Å². The monoisotopic (exact) mass is 489 g/mol. The minimum absolute atomic E-state index is 0.0579. The van der Waals surface area contributed by atoms with Gasteiger partial charge in [0.05, 0.1) is 39.8 Å². The Balaban J connectivity index is 1.78. The number of hydrogen-bond acceptors (Lipinski definition) is 7. The van der Waals surface area contributed by atoms with Gasteiger partial charge in [-0.1, -0.05) is 41.4 Å².